The van der Waals surface area contributed by atoms with Crippen molar-refractivity contribution in [2.75, 3.05) is 26.7 Å². The minimum atomic E-state index is -0.391. The Bertz CT molecular complexity index is 496. The maximum absolute atomic E-state index is 14.1. The highest BCUT2D eigenvalue weighted by atomic mass is 19.1. The molecule has 3 nitrogen and oxygen atoms in total. The minimum absolute atomic E-state index is 0.188. The van der Waals surface area contributed by atoms with Gasteiger partial charge in [-0.2, -0.15) is 0 Å². The zero-order valence-corrected chi connectivity index (χ0v) is 13.2. The molecule has 1 aromatic rings. The van der Waals surface area contributed by atoms with Crippen molar-refractivity contribution < 1.29 is 9.18 Å². The fraction of sp³-hybridized carbons (Fsp3) is 0.588. The predicted octanol–water partition coefficient (Wildman–Crippen LogP) is 3.08. The third kappa shape index (κ3) is 3.62. The third-order valence-electron chi connectivity index (χ3n) is 4.39. The Morgan fingerprint density at radius 2 is 2.05 bits per heavy atom. The largest absolute Gasteiger partial charge is 0.339 e. The summed E-state index contributed by atoms with van der Waals surface area (Å²) in [5.41, 5.74) is 0.709. The van der Waals surface area contributed by atoms with Gasteiger partial charge in [0, 0.05) is 26.2 Å². The van der Waals surface area contributed by atoms with Gasteiger partial charge in [0.25, 0.3) is 5.91 Å². The van der Waals surface area contributed by atoms with Crippen LogP contribution in [0.5, 0.6) is 0 Å². The number of rotatable bonds is 4. The summed E-state index contributed by atoms with van der Waals surface area (Å²) >= 11 is 0. The summed E-state index contributed by atoms with van der Waals surface area (Å²) in [7, 11) is 1.80. The Hall–Kier alpha value is -1.42. The van der Waals surface area contributed by atoms with Crippen LogP contribution >= 0.6 is 0 Å². The summed E-state index contributed by atoms with van der Waals surface area (Å²) in [5.74, 6) is -0.595. The number of carbonyl (C=O) groups is 1. The van der Waals surface area contributed by atoms with E-state index in [-0.39, 0.29) is 17.5 Å². The maximum atomic E-state index is 14.1. The molecule has 1 heterocycles. The van der Waals surface area contributed by atoms with Crippen LogP contribution in [-0.4, -0.2) is 48.4 Å². The first-order chi connectivity index (χ1) is 10.0. The number of aryl methyl sites for hydroxylation is 1. The first-order valence-corrected chi connectivity index (χ1v) is 7.79. The zero-order valence-electron chi connectivity index (χ0n) is 13.2. The fourth-order valence-electron chi connectivity index (χ4n) is 3.01. The molecule has 116 valence electrons. The van der Waals surface area contributed by atoms with E-state index in [2.05, 4.69) is 11.8 Å². The van der Waals surface area contributed by atoms with Crippen molar-refractivity contribution in [3.05, 3.63) is 35.1 Å². The van der Waals surface area contributed by atoms with Crippen LogP contribution in [0.3, 0.4) is 0 Å². The highest BCUT2D eigenvalue weighted by molar-refractivity contribution is 5.94. The minimum Gasteiger partial charge on any atom is -0.339 e. The molecule has 0 unspecified atom stereocenters. The van der Waals surface area contributed by atoms with E-state index in [0.717, 1.165) is 38.9 Å². The highest BCUT2D eigenvalue weighted by Gasteiger charge is 2.27. The molecule has 0 aromatic heterocycles. The molecule has 0 saturated carbocycles. The van der Waals surface area contributed by atoms with Crippen molar-refractivity contribution in [2.45, 2.75) is 39.2 Å². The number of likely N-dealkylation sites (tertiary alicyclic amines) is 1. The van der Waals surface area contributed by atoms with Crippen molar-refractivity contribution >= 4 is 5.91 Å². The van der Waals surface area contributed by atoms with E-state index in [1.54, 1.807) is 37.1 Å². The van der Waals surface area contributed by atoms with Crippen molar-refractivity contribution in [1.29, 1.82) is 0 Å². The average molecular weight is 292 g/mol. The molecule has 2 rings (SSSR count). The Kier molecular flexibility index (Phi) is 5.34. The van der Waals surface area contributed by atoms with Crippen LogP contribution in [-0.2, 0) is 0 Å². The molecule has 1 aromatic carbocycles. The van der Waals surface area contributed by atoms with Gasteiger partial charge in [-0.25, -0.2) is 4.39 Å². The van der Waals surface area contributed by atoms with Crippen LogP contribution in [0.1, 0.15) is 42.1 Å². The Labute approximate surface area is 126 Å². The van der Waals surface area contributed by atoms with Crippen LogP contribution in [0.25, 0.3) is 0 Å². The lowest BCUT2D eigenvalue weighted by Crippen LogP contribution is -2.45. The lowest BCUT2D eigenvalue weighted by molar-refractivity contribution is 0.0638. The molecule has 1 fully saturated rings. The highest BCUT2D eigenvalue weighted by Crippen LogP contribution is 2.20. The van der Waals surface area contributed by atoms with E-state index in [4.69, 9.17) is 0 Å². The topological polar surface area (TPSA) is 23.6 Å². The van der Waals surface area contributed by atoms with Crippen LogP contribution in [0, 0.1) is 12.7 Å². The first-order valence-electron chi connectivity index (χ1n) is 7.79. The number of benzene rings is 1. The predicted molar refractivity (Wildman–Crippen MR) is 83.0 cm³/mol. The smallest absolute Gasteiger partial charge is 0.256 e. The standard InChI is InChI=1S/C17H25FN2O/c1-4-10-20-11-8-14(9-12-20)19(3)17(21)15-7-5-6-13(2)16(15)18/h5-7,14H,4,8-12H2,1-3H3. The zero-order chi connectivity index (χ0) is 15.4. The van der Waals surface area contributed by atoms with E-state index in [1.807, 2.05) is 0 Å². The van der Waals surface area contributed by atoms with Gasteiger partial charge in [0.05, 0.1) is 5.56 Å². The number of halogens is 1. The molecule has 1 aliphatic rings. The molecular weight excluding hydrogens is 267 g/mol. The van der Waals surface area contributed by atoms with Gasteiger partial charge >= 0.3 is 0 Å². The molecule has 0 spiro atoms. The van der Waals surface area contributed by atoms with Gasteiger partial charge in [0.15, 0.2) is 0 Å². The van der Waals surface area contributed by atoms with E-state index < -0.39 is 5.82 Å². The molecule has 1 amide bonds. The lowest BCUT2D eigenvalue weighted by Gasteiger charge is -2.36. The van der Waals surface area contributed by atoms with Gasteiger partial charge in [0.1, 0.15) is 5.82 Å². The summed E-state index contributed by atoms with van der Waals surface area (Å²) in [6.07, 6.45) is 3.10. The van der Waals surface area contributed by atoms with E-state index >= 15 is 0 Å². The number of amides is 1. The molecule has 0 bridgehead atoms. The molecule has 21 heavy (non-hydrogen) atoms. The summed E-state index contributed by atoms with van der Waals surface area (Å²) in [6.45, 7) is 7.04. The summed E-state index contributed by atoms with van der Waals surface area (Å²) in [5, 5.41) is 0. The monoisotopic (exact) mass is 292 g/mol. The third-order valence-corrected chi connectivity index (χ3v) is 4.39. The van der Waals surface area contributed by atoms with Crippen LogP contribution in [0.4, 0.5) is 4.39 Å². The van der Waals surface area contributed by atoms with Crippen LogP contribution < -0.4 is 0 Å². The number of hydrogen-bond donors (Lipinski definition) is 0. The Morgan fingerprint density at radius 1 is 1.38 bits per heavy atom. The van der Waals surface area contributed by atoms with Gasteiger partial charge < -0.3 is 9.80 Å². The van der Waals surface area contributed by atoms with Gasteiger partial charge in [-0.15, -0.1) is 0 Å². The van der Waals surface area contributed by atoms with Gasteiger partial charge in [-0.3, -0.25) is 4.79 Å². The van der Waals surface area contributed by atoms with Gasteiger partial charge in [-0.05, 0) is 44.4 Å². The summed E-state index contributed by atoms with van der Waals surface area (Å²) < 4.78 is 14.1. The molecule has 0 radical (unpaired) electrons. The van der Waals surface area contributed by atoms with E-state index in [0.29, 0.717) is 5.56 Å². The Balaban J connectivity index is 2.02. The average Bonchev–Trinajstić information content (AvgIpc) is 2.50. The van der Waals surface area contributed by atoms with Crippen molar-refractivity contribution in [1.82, 2.24) is 9.80 Å². The second-order valence-corrected chi connectivity index (χ2v) is 5.93. The summed E-state index contributed by atoms with van der Waals surface area (Å²) in [6, 6.07) is 5.22. The molecular formula is C17H25FN2O. The molecule has 1 aliphatic heterocycles. The van der Waals surface area contributed by atoms with Crippen LogP contribution in [0.15, 0.2) is 18.2 Å². The molecule has 0 atom stereocenters. The molecule has 4 heteroatoms. The number of nitrogens with zero attached hydrogens (tertiary/aromatic N) is 2. The van der Waals surface area contributed by atoms with Crippen molar-refractivity contribution in [3.8, 4) is 0 Å². The van der Waals surface area contributed by atoms with Crippen molar-refractivity contribution in [2.24, 2.45) is 0 Å². The number of carbonyl (C=O) groups excluding carboxylic acids is 1. The number of piperidine rings is 1. The quantitative estimate of drug-likeness (QED) is 0.851. The SMILES string of the molecule is CCCN1CCC(N(C)C(=O)c2cccc(C)c2F)CC1. The Morgan fingerprint density at radius 3 is 2.67 bits per heavy atom. The van der Waals surface area contributed by atoms with Gasteiger partial charge in [0.2, 0.25) is 0 Å². The first kappa shape index (κ1) is 16.0. The van der Waals surface area contributed by atoms with Crippen molar-refractivity contribution in [3.63, 3.8) is 0 Å². The van der Waals surface area contributed by atoms with E-state index in [1.165, 1.54) is 0 Å². The lowest BCUT2D eigenvalue weighted by atomic mass is 10.0. The molecule has 0 N–H and O–H groups in total. The molecule has 1 saturated heterocycles. The second kappa shape index (κ2) is 7.03. The van der Waals surface area contributed by atoms with Crippen LogP contribution in [0.2, 0.25) is 0 Å². The molecule has 0 aliphatic carbocycles. The van der Waals surface area contributed by atoms with E-state index in [9.17, 15) is 9.18 Å². The van der Waals surface area contributed by atoms with Gasteiger partial charge in [-0.1, -0.05) is 19.1 Å². The normalized spacial score (nSPS) is 17.0. The number of hydrogen-bond acceptors (Lipinski definition) is 2. The summed E-state index contributed by atoms with van der Waals surface area (Å²) in [4.78, 5) is 16.7. The second-order valence-electron chi connectivity index (χ2n) is 5.93. The maximum Gasteiger partial charge on any atom is 0.256 e. The fourth-order valence-corrected chi connectivity index (χ4v) is 3.01.